The summed E-state index contributed by atoms with van der Waals surface area (Å²) in [5, 5.41) is 0. The number of hydrogen-bond acceptors (Lipinski definition) is 5. The molecule has 1 fully saturated rings. The fourth-order valence-electron chi connectivity index (χ4n) is 3.02. The third-order valence-electron chi connectivity index (χ3n) is 4.13. The van der Waals surface area contributed by atoms with Gasteiger partial charge in [-0.2, -0.15) is 0 Å². The van der Waals surface area contributed by atoms with Crippen molar-refractivity contribution in [1.29, 1.82) is 0 Å². The second-order valence-corrected chi connectivity index (χ2v) is 5.31. The van der Waals surface area contributed by atoms with Gasteiger partial charge in [-0.05, 0) is 43.6 Å². The van der Waals surface area contributed by atoms with Gasteiger partial charge in [-0.25, -0.2) is 0 Å². The predicted molar refractivity (Wildman–Crippen MR) is 83.3 cm³/mol. The average Bonchev–Trinajstić information content (AvgIpc) is 2.55. The molecule has 0 saturated carbocycles. The molecule has 0 bridgehead atoms. The van der Waals surface area contributed by atoms with Crippen LogP contribution in [0.15, 0.2) is 12.1 Å². The van der Waals surface area contributed by atoms with E-state index in [9.17, 15) is 0 Å². The Morgan fingerprint density at radius 2 is 1.57 bits per heavy atom. The van der Waals surface area contributed by atoms with Crippen LogP contribution in [0.1, 0.15) is 30.9 Å². The lowest BCUT2D eigenvalue weighted by Crippen LogP contribution is -2.37. The van der Waals surface area contributed by atoms with Gasteiger partial charge in [-0.3, -0.25) is 4.90 Å². The summed E-state index contributed by atoms with van der Waals surface area (Å²) < 4.78 is 16.3. The second-order valence-electron chi connectivity index (χ2n) is 5.31. The lowest BCUT2D eigenvalue weighted by atomic mass is 10.0. The van der Waals surface area contributed by atoms with Crippen molar-refractivity contribution in [2.45, 2.75) is 25.3 Å². The summed E-state index contributed by atoms with van der Waals surface area (Å²) in [4.78, 5) is 2.45. The van der Waals surface area contributed by atoms with Gasteiger partial charge in [0, 0.05) is 12.6 Å². The summed E-state index contributed by atoms with van der Waals surface area (Å²) in [6.45, 7) is 2.77. The van der Waals surface area contributed by atoms with Gasteiger partial charge in [0.2, 0.25) is 5.75 Å². The van der Waals surface area contributed by atoms with Crippen LogP contribution in [-0.2, 0) is 0 Å². The minimum absolute atomic E-state index is 0.194. The Bertz CT molecular complexity index is 434. The molecule has 2 N–H and O–H groups in total. The van der Waals surface area contributed by atoms with Crippen molar-refractivity contribution in [3.63, 3.8) is 0 Å². The van der Waals surface area contributed by atoms with Gasteiger partial charge in [0.25, 0.3) is 0 Å². The van der Waals surface area contributed by atoms with Gasteiger partial charge >= 0.3 is 0 Å². The SMILES string of the molecule is COc1cc(C(CN)N2CCCCC2)cc(OC)c1OC. The topological polar surface area (TPSA) is 57.0 Å². The summed E-state index contributed by atoms with van der Waals surface area (Å²) in [5.41, 5.74) is 7.15. The van der Waals surface area contributed by atoms with E-state index in [-0.39, 0.29) is 6.04 Å². The molecule has 1 aromatic carbocycles. The highest BCUT2D eigenvalue weighted by Crippen LogP contribution is 2.40. The number of nitrogens with two attached hydrogens (primary N) is 1. The maximum absolute atomic E-state index is 6.03. The Kier molecular flexibility index (Phi) is 5.70. The van der Waals surface area contributed by atoms with Crippen molar-refractivity contribution < 1.29 is 14.2 Å². The van der Waals surface area contributed by atoms with Crippen LogP contribution in [0.3, 0.4) is 0 Å². The highest BCUT2D eigenvalue weighted by atomic mass is 16.5. The number of piperidine rings is 1. The number of ether oxygens (including phenoxy) is 3. The third-order valence-corrected chi connectivity index (χ3v) is 4.13. The Morgan fingerprint density at radius 1 is 1.00 bits per heavy atom. The first-order valence-corrected chi connectivity index (χ1v) is 7.49. The molecule has 2 rings (SSSR count). The number of rotatable bonds is 6. The predicted octanol–water partition coefficient (Wildman–Crippen LogP) is 2.20. The number of hydrogen-bond donors (Lipinski definition) is 1. The normalized spacial score (nSPS) is 17.3. The fraction of sp³-hybridized carbons (Fsp3) is 0.625. The standard InChI is InChI=1S/C16H26N2O3/c1-19-14-9-12(10-15(20-2)16(14)21-3)13(11-17)18-7-5-4-6-8-18/h9-10,13H,4-8,11,17H2,1-3H3. The largest absolute Gasteiger partial charge is 0.493 e. The van der Waals surface area contributed by atoms with Crippen LogP contribution in [-0.4, -0.2) is 45.9 Å². The zero-order chi connectivity index (χ0) is 15.2. The molecule has 1 atom stereocenters. The Hall–Kier alpha value is -1.46. The van der Waals surface area contributed by atoms with Crippen LogP contribution in [0.2, 0.25) is 0 Å². The van der Waals surface area contributed by atoms with E-state index in [4.69, 9.17) is 19.9 Å². The lowest BCUT2D eigenvalue weighted by Gasteiger charge is -2.34. The van der Waals surface area contributed by atoms with Gasteiger partial charge in [0.1, 0.15) is 0 Å². The first kappa shape index (κ1) is 15.9. The molecular formula is C16H26N2O3. The molecule has 1 aromatic rings. The zero-order valence-electron chi connectivity index (χ0n) is 13.2. The van der Waals surface area contributed by atoms with Crippen LogP contribution in [0.4, 0.5) is 0 Å². The molecule has 118 valence electrons. The number of likely N-dealkylation sites (tertiary alicyclic amines) is 1. The number of methoxy groups -OCH3 is 3. The first-order chi connectivity index (χ1) is 10.2. The molecule has 0 spiro atoms. The molecule has 0 aliphatic carbocycles. The number of nitrogens with zero attached hydrogens (tertiary/aromatic N) is 1. The third kappa shape index (κ3) is 3.41. The first-order valence-electron chi connectivity index (χ1n) is 7.49. The zero-order valence-corrected chi connectivity index (χ0v) is 13.2. The van der Waals surface area contributed by atoms with Crippen LogP contribution in [0.5, 0.6) is 17.2 Å². The van der Waals surface area contributed by atoms with Crippen LogP contribution in [0, 0.1) is 0 Å². The summed E-state index contributed by atoms with van der Waals surface area (Å²) in [7, 11) is 4.89. The van der Waals surface area contributed by atoms with E-state index >= 15 is 0 Å². The molecule has 5 heteroatoms. The molecule has 1 heterocycles. The van der Waals surface area contributed by atoms with Crippen molar-refractivity contribution in [2.75, 3.05) is 41.0 Å². The van der Waals surface area contributed by atoms with Gasteiger partial charge in [0.05, 0.1) is 21.3 Å². The van der Waals surface area contributed by atoms with E-state index in [1.807, 2.05) is 12.1 Å². The van der Waals surface area contributed by atoms with Crippen LogP contribution < -0.4 is 19.9 Å². The molecule has 1 unspecified atom stereocenters. The summed E-state index contributed by atoms with van der Waals surface area (Å²) in [6.07, 6.45) is 3.78. The highest BCUT2D eigenvalue weighted by molar-refractivity contribution is 5.54. The Balaban J connectivity index is 2.36. The molecular weight excluding hydrogens is 268 g/mol. The average molecular weight is 294 g/mol. The molecule has 1 aliphatic rings. The second kappa shape index (κ2) is 7.52. The minimum Gasteiger partial charge on any atom is -0.493 e. The van der Waals surface area contributed by atoms with Gasteiger partial charge in [-0.1, -0.05) is 6.42 Å². The van der Waals surface area contributed by atoms with E-state index in [1.54, 1.807) is 21.3 Å². The van der Waals surface area contributed by atoms with Crippen molar-refractivity contribution in [3.05, 3.63) is 17.7 Å². The van der Waals surface area contributed by atoms with Gasteiger partial charge in [-0.15, -0.1) is 0 Å². The van der Waals surface area contributed by atoms with E-state index in [1.165, 1.54) is 19.3 Å². The maximum Gasteiger partial charge on any atom is 0.203 e. The highest BCUT2D eigenvalue weighted by Gasteiger charge is 2.24. The number of benzene rings is 1. The molecule has 21 heavy (non-hydrogen) atoms. The van der Waals surface area contributed by atoms with Crippen LogP contribution in [0.25, 0.3) is 0 Å². The molecule has 0 amide bonds. The van der Waals surface area contributed by atoms with E-state index in [0.717, 1.165) is 18.7 Å². The van der Waals surface area contributed by atoms with Crippen molar-refractivity contribution >= 4 is 0 Å². The Morgan fingerprint density at radius 3 is 2.00 bits per heavy atom. The molecule has 1 aliphatic heterocycles. The lowest BCUT2D eigenvalue weighted by molar-refractivity contribution is 0.167. The van der Waals surface area contributed by atoms with Gasteiger partial charge in [0.15, 0.2) is 11.5 Å². The maximum atomic E-state index is 6.03. The van der Waals surface area contributed by atoms with Crippen LogP contribution >= 0.6 is 0 Å². The van der Waals surface area contributed by atoms with E-state index < -0.39 is 0 Å². The minimum atomic E-state index is 0.194. The summed E-state index contributed by atoms with van der Waals surface area (Å²) >= 11 is 0. The molecule has 1 saturated heterocycles. The van der Waals surface area contributed by atoms with Crippen molar-refractivity contribution in [3.8, 4) is 17.2 Å². The quantitative estimate of drug-likeness (QED) is 0.871. The van der Waals surface area contributed by atoms with Crippen molar-refractivity contribution in [1.82, 2.24) is 4.90 Å². The molecule has 0 radical (unpaired) electrons. The smallest absolute Gasteiger partial charge is 0.203 e. The van der Waals surface area contributed by atoms with E-state index in [2.05, 4.69) is 4.90 Å². The monoisotopic (exact) mass is 294 g/mol. The fourth-order valence-corrected chi connectivity index (χ4v) is 3.02. The van der Waals surface area contributed by atoms with Gasteiger partial charge < -0.3 is 19.9 Å². The van der Waals surface area contributed by atoms with Crippen molar-refractivity contribution in [2.24, 2.45) is 5.73 Å². The molecule has 0 aromatic heterocycles. The summed E-state index contributed by atoms with van der Waals surface area (Å²) in [5.74, 6) is 1.99. The molecule has 5 nitrogen and oxygen atoms in total. The summed E-state index contributed by atoms with van der Waals surface area (Å²) in [6, 6.07) is 4.21. The van der Waals surface area contributed by atoms with E-state index in [0.29, 0.717) is 23.8 Å². The Labute approximate surface area is 127 Å².